The molecule has 2 aromatic rings. The third-order valence-corrected chi connectivity index (χ3v) is 5.39. The van der Waals surface area contributed by atoms with E-state index in [1.807, 2.05) is 0 Å². The number of halogens is 15. The van der Waals surface area contributed by atoms with Crippen molar-refractivity contribution in [1.82, 2.24) is 9.97 Å². The van der Waals surface area contributed by atoms with Crippen LogP contribution in [0.15, 0.2) is 29.4 Å². The number of hydrogen-bond donors (Lipinski definition) is 1. The number of methoxy groups -OCH3 is 1. The topological polar surface area (TPSA) is 70.8 Å². The quantitative estimate of drug-likeness (QED) is 0.388. The van der Waals surface area contributed by atoms with E-state index in [1.54, 1.807) is 0 Å². The van der Waals surface area contributed by atoms with Gasteiger partial charge in [-0.2, -0.15) is 71.0 Å². The first-order valence-electron chi connectivity index (χ1n) is 10.3. The number of aliphatic hydroxyl groups excluding tert-OH is 1. The normalized spacial score (nSPS) is 19.9. The van der Waals surface area contributed by atoms with Crippen LogP contribution in [0.1, 0.15) is 34.4 Å². The largest absolute Gasteiger partial charge is 0.433 e. The lowest BCUT2D eigenvalue weighted by molar-refractivity contribution is -0.151. The highest BCUT2D eigenvalue weighted by Gasteiger charge is 2.54. The molecule has 2 aromatic heterocycles. The molecule has 1 aliphatic heterocycles. The van der Waals surface area contributed by atoms with Gasteiger partial charge in [-0.1, -0.05) is 0 Å². The van der Waals surface area contributed by atoms with Crippen LogP contribution in [0.2, 0.25) is 0 Å². The number of hydrogen-bond acceptors (Lipinski definition) is 6. The van der Waals surface area contributed by atoms with Gasteiger partial charge in [-0.3, -0.25) is 0 Å². The molecule has 3 heterocycles. The Labute approximate surface area is 217 Å². The van der Waals surface area contributed by atoms with Gasteiger partial charge in [0.15, 0.2) is 11.9 Å². The average molecular weight is 624 g/mol. The first-order valence-corrected chi connectivity index (χ1v) is 10.3. The number of pyridine rings is 2. The first-order chi connectivity index (χ1) is 18.4. The molecule has 3 unspecified atom stereocenters. The molecule has 1 aliphatic rings. The van der Waals surface area contributed by atoms with Crippen molar-refractivity contribution in [3.05, 3.63) is 52.6 Å². The van der Waals surface area contributed by atoms with E-state index < -0.39 is 88.9 Å². The maximum absolute atomic E-state index is 13.9. The smallest absolute Gasteiger partial charge is 0.376 e. The second-order valence-electron chi connectivity index (χ2n) is 8.18. The average Bonchev–Trinajstić information content (AvgIpc) is 3.14. The van der Waals surface area contributed by atoms with Gasteiger partial charge in [0.2, 0.25) is 0 Å². The highest BCUT2D eigenvalue weighted by atomic mass is 19.4. The summed E-state index contributed by atoms with van der Waals surface area (Å²) >= 11 is 0. The zero-order valence-electron chi connectivity index (χ0n) is 19.4. The summed E-state index contributed by atoms with van der Waals surface area (Å²) in [5.41, 5.74) is -14.0. The molecule has 0 fully saturated rings. The molecule has 0 spiro atoms. The Morgan fingerprint density at radius 3 is 1.34 bits per heavy atom. The van der Waals surface area contributed by atoms with E-state index >= 15 is 0 Å². The van der Waals surface area contributed by atoms with Gasteiger partial charge in [0.1, 0.15) is 22.8 Å². The van der Waals surface area contributed by atoms with E-state index in [2.05, 4.69) is 19.8 Å². The fourth-order valence-electron chi connectivity index (χ4n) is 3.73. The SMILES string of the molecule is COC(c1cc(C(F)(F)F)nc(C(F)(F)F)c1)C1C(C(F)(F)F)=NN(c2cc(C(F)(F)F)nc(C(F)(F)F)c2)C1O. The summed E-state index contributed by atoms with van der Waals surface area (Å²) in [4.78, 5) is 4.73. The summed E-state index contributed by atoms with van der Waals surface area (Å²) in [7, 11) is 0.505. The Hall–Kier alpha value is -3.36. The third-order valence-electron chi connectivity index (χ3n) is 5.39. The van der Waals surface area contributed by atoms with Crippen LogP contribution in [-0.2, 0) is 29.4 Å². The molecule has 21 heteroatoms. The predicted molar refractivity (Wildman–Crippen MR) is 104 cm³/mol. The summed E-state index contributed by atoms with van der Waals surface area (Å²) < 4.78 is 205. The van der Waals surface area contributed by atoms with Gasteiger partial charge in [0.25, 0.3) is 0 Å². The fraction of sp³-hybridized carbons (Fsp3) is 0.450. The predicted octanol–water partition coefficient (Wildman–Crippen LogP) is 6.61. The number of aliphatic hydroxyl groups is 1. The summed E-state index contributed by atoms with van der Waals surface area (Å²) in [6.45, 7) is 0. The lowest BCUT2D eigenvalue weighted by Crippen LogP contribution is -2.41. The molecule has 0 radical (unpaired) electrons. The van der Waals surface area contributed by atoms with Crippen molar-refractivity contribution in [1.29, 1.82) is 0 Å². The molecule has 0 aliphatic carbocycles. The minimum Gasteiger partial charge on any atom is -0.376 e. The molecule has 0 amide bonds. The van der Waals surface area contributed by atoms with Crippen molar-refractivity contribution in [2.45, 2.75) is 43.2 Å². The van der Waals surface area contributed by atoms with E-state index in [0.717, 1.165) is 0 Å². The van der Waals surface area contributed by atoms with Crippen molar-refractivity contribution < 1.29 is 75.7 Å². The lowest BCUT2D eigenvalue weighted by atomic mass is 9.89. The van der Waals surface area contributed by atoms with Crippen molar-refractivity contribution in [3.63, 3.8) is 0 Å². The minimum absolute atomic E-state index is 0.136. The van der Waals surface area contributed by atoms with Crippen molar-refractivity contribution in [2.75, 3.05) is 12.1 Å². The van der Waals surface area contributed by atoms with Crippen LogP contribution in [0.3, 0.4) is 0 Å². The summed E-state index contributed by atoms with van der Waals surface area (Å²) in [6, 6.07) is -0.697. The second-order valence-corrected chi connectivity index (χ2v) is 8.18. The molecule has 1 N–H and O–H groups in total. The fourth-order valence-corrected chi connectivity index (χ4v) is 3.73. The van der Waals surface area contributed by atoms with E-state index in [0.29, 0.717) is 7.11 Å². The van der Waals surface area contributed by atoms with Crippen LogP contribution in [-0.4, -0.2) is 40.3 Å². The minimum atomic E-state index is -5.68. The van der Waals surface area contributed by atoms with Crippen LogP contribution in [0.5, 0.6) is 0 Å². The number of anilines is 1. The van der Waals surface area contributed by atoms with Gasteiger partial charge in [-0.05, 0) is 29.8 Å². The molecule has 41 heavy (non-hydrogen) atoms. The number of hydrazone groups is 1. The summed E-state index contributed by atoms with van der Waals surface area (Å²) in [6.07, 6.45) is -33.5. The van der Waals surface area contributed by atoms with Gasteiger partial charge >= 0.3 is 30.9 Å². The monoisotopic (exact) mass is 624 g/mol. The van der Waals surface area contributed by atoms with E-state index in [1.165, 1.54) is 0 Å². The lowest BCUT2D eigenvalue weighted by Gasteiger charge is -2.30. The van der Waals surface area contributed by atoms with Crippen LogP contribution < -0.4 is 5.01 Å². The van der Waals surface area contributed by atoms with Gasteiger partial charge < -0.3 is 9.84 Å². The Morgan fingerprint density at radius 2 is 1.02 bits per heavy atom. The molecule has 0 saturated heterocycles. The Balaban J connectivity index is 2.24. The van der Waals surface area contributed by atoms with Gasteiger partial charge in [0, 0.05) is 7.11 Å². The number of alkyl halides is 15. The Morgan fingerprint density at radius 1 is 0.659 bits per heavy atom. The maximum atomic E-state index is 13.9. The van der Waals surface area contributed by atoms with E-state index in [-0.39, 0.29) is 29.3 Å². The standard InChI is InChI=1S/C20H11F15N4O2/c1-41-13(6-2-8(16(21,22)23)36-9(3-6)17(24,25)26)12-14(20(33,34)35)38-39(15(12)40)7-4-10(18(27,28)29)37-11(5-7)19(30,31)32/h2-5,12-13,15,40H,1H3. The molecule has 3 atom stereocenters. The molecule has 3 rings (SSSR count). The number of rotatable bonds is 4. The summed E-state index contributed by atoms with van der Waals surface area (Å²) in [5, 5.41) is 13.1. The van der Waals surface area contributed by atoms with Crippen molar-refractivity contribution in [2.24, 2.45) is 11.0 Å². The Kier molecular flexibility index (Phi) is 7.98. The Bertz CT molecular complexity index is 1250. The number of nitrogens with zero attached hydrogens (tertiary/aromatic N) is 4. The van der Waals surface area contributed by atoms with Crippen LogP contribution >= 0.6 is 0 Å². The second kappa shape index (κ2) is 10.2. The molecular weight excluding hydrogens is 613 g/mol. The van der Waals surface area contributed by atoms with E-state index in [9.17, 15) is 71.0 Å². The summed E-state index contributed by atoms with van der Waals surface area (Å²) in [5.74, 6) is -2.80. The van der Waals surface area contributed by atoms with Crippen LogP contribution in [0.25, 0.3) is 0 Å². The zero-order valence-corrected chi connectivity index (χ0v) is 19.4. The first kappa shape index (κ1) is 32.2. The van der Waals surface area contributed by atoms with Crippen molar-refractivity contribution in [3.8, 4) is 0 Å². The zero-order chi connectivity index (χ0) is 31.5. The molecule has 0 bridgehead atoms. The highest BCUT2D eigenvalue weighted by molar-refractivity contribution is 5.96. The molecule has 0 saturated carbocycles. The van der Waals surface area contributed by atoms with Gasteiger partial charge in [0.05, 0.1) is 17.7 Å². The molecule has 228 valence electrons. The van der Waals surface area contributed by atoms with Gasteiger partial charge in [-0.15, -0.1) is 0 Å². The molecule has 0 aromatic carbocycles. The maximum Gasteiger partial charge on any atom is 0.433 e. The third kappa shape index (κ3) is 6.76. The molecular formula is C20H11F15N4O2. The van der Waals surface area contributed by atoms with E-state index in [4.69, 9.17) is 0 Å². The highest BCUT2D eigenvalue weighted by Crippen LogP contribution is 2.45. The number of ether oxygens (including phenoxy) is 1. The number of aromatic nitrogens is 2. The molecule has 6 nitrogen and oxygen atoms in total. The van der Waals surface area contributed by atoms with Crippen LogP contribution in [0, 0.1) is 5.92 Å². The van der Waals surface area contributed by atoms with Crippen molar-refractivity contribution >= 4 is 11.4 Å². The van der Waals surface area contributed by atoms with Gasteiger partial charge in [-0.25, -0.2) is 15.0 Å². The van der Waals surface area contributed by atoms with Crippen LogP contribution in [0.4, 0.5) is 71.5 Å².